The molecule has 3 aromatic rings. The molecule has 1 unspecified atom stereocenters. The van der Waals surface area contributed by atoms with Gasteiger partial charge in [-0.2, -0.15) is 0 Å². The van der Waals surface area contributed by atoms with Gasteiger partial charge in [0.15, 0.2) is 9.84 Å². The van der Waals surface area contributed by atoms with Gasteiger partial charge in [0.1, 0.15) is 5.65 Å². The van der Waals surface area contributed by atoms with Crippen LogP contribution in [0.4, 0.5) is 0 Å². The lowest BCUT2D eigenvalue weighted by Crippen LogP contribution is -2.13. The van der Waals surface area contributed by atoms with Crippen LogP contribution in [0.5, 0.6) is 0 Å². The molecule has 1 aromatic carbocycles. The highest BCUT2D eigenvalue weighted by Crippen LogP contribution is 2.37. The second kappa shape index (κ2) is 8.22. The molecule has 1 saturated carbocycles. The van der Waals surface area contributed by atoms with Crippen LogP contribution in [0.25, 0.3) is 11.0 Å². The number of carboxylic acids is 1. The minimum Gasteiger partial charge on any atom is -0.478 e. The van der Waals surface area contributed by atoms with E-state index in [9.17, 15) is 18.3 Å². The number of hydrogen-bond donors (Lipinski definition) is 2. The number of nitrogens with zero attached hydrogens (tertiary/aromatic N) is 1. The van der Waals surface area contributed by atoms with E-state index in [1.54, 1.807) is 18.2 Å². The highest BCUT2D eigenvalue weighted by Gasteiger charge is 2.24. The first kappa shape index (κ1) is 20.6. The Morgan fingerprint density at radius 3 is 2.50 bits per heavy atom. The van der Waals surface area contributed by atoms with Gasteiger partial charge in [0, 0.05) is 29.5 Å². The molecule has 0 aliphatic heterocycles. The van der Waals surface area contributed by atoms with Crippen molar-refractivity contribution in [2.45, 2.75) is 49.3 Å². The Hall–Kier alpha value is -2.67. The molecule has 0 radical (unpaired) electrons. The number of H-pyrrole nitrogens is 1. The molecular formula is C23H26N2O4S. The average molecular weight is 427 g/mol. The summed E-state index contributed by atoms with van der Waals surface area (Å²) < 4.78 is 23.7. The van der Waals surface area contributed by atoms with Crippen LogP contribution in [0, 0.1) is 5.92 Å². The van der Waals surface area contributed by atoms with Crippen molar-refractivity contribution in [3.8, 4) is 0 Å². The third-order valence-corrected chi connectivity index (χ3v) is 7.25. The smallest absolute Gasteiger partial charge is 0.337 e. The predicted molar refractivity (Wildman–Crippen MR) is 116 cm³/mol. The van der Waals surface area contributed by atoms with Crippen LogP contribution in [0.2, 0.25) is 0 Å². The van der Waals surface area contributed by atoms with E-state index in [1.165, 1.54) is 44.6 Å². The first-order valence-corrected chi connectivity index (χ1v) is 12.2. The monoisotopic (exact) mass is 426 g/mol. The largest absolute Gasteiger partial charge is 0.478 e. The Morgan fingerprint density at radius 2 is 1.87 bits per heavy atom. The van der Waals surface area contributed by atoms with Gasteiger partial charge in [-0.3, -0.25) is 0 Å². The summed E-state index contributed by atoms with van der Waals surface area (Å²) in [6.45, 7) is 0. The first-order valence-electron chi connectivity index (χ1n) is 10.3. The first-order chi connectivity index (χ1) is 14.3. The van der Waals surface area contributed by atoms with Crippen molar-refractivity contribution < 1.29 is 18.3 Å². The second-order valence-corrected chi connectivity index (χ2v) is 10.3. The highest BCUT2D eigenvalue weighted by molar-refractivity contribution is 7.90. The summed E-state index contributed by atoms with van der Waals surface area (Å²) in [5, 5.41) is 10.0. The fourth-order valence-corrected chi connectivity index (χ4v) is 5.12. The molecule has 1 aliphatic carbocycles. The number of benzene rings is 1. The van der Waals surface area contributed by atoms with Crippen LogP contribution in [-0.2, 0) is 9.84 Å². The number of hydrogen-bond acceptors (Lipinski definition) is 4. The van der Waals surface area contributed by atoms with Crippen molar-refractivity contribution in [1.29, 1.82) is 0 Å². The van der Waals surface area contributed by atoms with Crippen LogP contribution >= 0.6 is 0 Å². The molecule has 1 aliphatic rings. The summed E-state index contributed by atoms with van der Waals surface area (Å²) in [6, 6.07) is 10.7. The molecule has 0 amide bonds. The van der Waals surface area contributed by atoms with Crippen molar-refractivity contribution in [2.75, 3.05) is 6.26 Å². The zero-order valence-electron chi connectivity index (χ0n) is 17.0. The van der Waals surface area contributed by atoms with Gasteiger partial charge in [0.2, 0.25) is 0 Å². The van der Waals surface area contributed by atoms with Crippen molar-refractivity contribution in [1.82, 2.24) is 9.97 Å². The molecule has 158 valence electrons. The minimum atomic E-state index is -3.24. The van der Waals surface area contributed by atoms with Crippen LogP contribution in [-0.4, -0.2) is 35.7 Å². The van der Waals surface area contributed by atoms with Gasteiger partial charge in [-0.25, -0.2) is 18.2 Å². The molecule has 0 bridgehead atoms. The maximum Gasteiger partial charge on any atom is 0.337 e. The summed E-state index contributed by atoms with van der Waals surface area (Å²) in [7, 11) is -3.24. The molecule has 4 rings (SSSR count). The summed E-state index contributed by atoms with van der Waals surface area (Å²) in [5.74, 6) is -0.307. The van der Waals surface area contributed by atoms with Gasteiger partial charge in [-0.05, 0) is 42.2 Å². The Morgan fingerprint density at radius 1 is 1.17 bits per heavy atom. The maximum absolute atomic E-state index is 11.8. The molecule has 6 nitrogen and oxygen atoms in total. The topological polar surface area (TPSA) is 100 Å². The molecule has 2 aromatic heterocycles. The third-order valence-electron chi connectivity index (χ3n) is 6.12. The Labute approximate surface area is 176 Å². The van der Waals surface area contributed by atoms with Gasteiger partial charge >= 0.3 is 5.97 Å². The number of aromatic amines is 1. The number of pyridine rings is 1. The number of nitrogens with one attached hydrogen (secondary N) is 1. The highest BCUT2D eigenvalue weighted by atomic mass is 32.2. The maximum atomic E-state index is 11.8. The van der Waals surface area contributed by atoms with Gasteiger partial charge in [0.05, 0.1) is 10.5 Å². The molecule has 0 saturated heterocycles. The van der Waals surface area contributed by atoms with Crippen molar-refractivity contribution in [3.05, 3.63) is 59.4 Å². The second-order valence-electron chi connectivity index (χ2n) is 8.33. The molecule has 2 heterocycles. The van der Waals surface area contributed by atoms with Crippen LogP contribution in [0.15, 0.2) is 47.5 Å². The molecule has 1 atom stereocenters. The minimum absolute atomic E-state index is 0.0733. The molecule has 2 N–H and O–H groups in total. The van der Waals surface area contributed by atoms with Crippen LogP contribution < -0.4 is 0 Å². The number of carbonyl (C=O) groups is 1. The number of sulfone groups is 1. The van der Waals surface area contributed by atoms with E-state index in [1.807, 2.05) is 18.2 Å². The lowest BCUT2D eigenvalue weighted by molar-refractivity contribution is 0.0696. The lowest BCUT2D eigenvalue weighted by atomic mass is 9.79. The number of fused-ring (bicyclic) bond motifs is 1. The zero-order chi connectivity index (χ0) is 21.3. The molecule has 0 spiro atoms. The Bertz CT molecular complexity index is 1160. The van der Waals surface area contributed by atoms with E-state index >= 15 is 0 Å². The van der Waals surface area contributed by atoms with Gasteiger partial charge in [-0.15, -0.1) is 0 Å². The fourth-order valence-electron chi connectivity index (χ4n) is 4.49. The van der Waals surface area contributed by atoms with E-state index in [2.05, 4.69) is 9.97 Å². The lowest BCUT2D eigenvalue weighted by Gasteiger charge is -2.26. The SMILES string of the molecule is CS(=O)(=O)c1ccc(C(CC2CCCCC2)c2cc3cc(C(=O)O)cnc3[nH]2)cc1. The van der Waals surface area contributed by atoms with Crippen molar-refractivity contribution in [3.63, 3.8) is 0 Å². The average Bonchev–Trinajstić information content (AvgIpc) is 3.15. The Kier molecular flexibility index (Phi) is 5.64. The molecule has 7 heteroatoms. The van der Waals surface area contributed by atoms with Crippen LogP contribution in [0.3, 0.4) is 0 Å². The number of carboxylic acid groups (broad SMARTS) is 1. The van der Waals surface area contributed by atoms with E-state index in [4.69, 9.17) is 0 Å². The van der Waals surface area contributed by atoms with E-state index in [-0.39, 0.29) is 11.5 Å². The number of aromatic nitrogens is 2. The summed E-state index contributed by atoms with van der Waals surface area (Å²) >= 11 is 0. The zero-order valence-corrected chi connectivity index (χ0v) is 17.8. The number of rotatable bonds is 6. The number of aromatic carboxylic acids is 1. The summed E-state index contributed by atoms with van der Waals surface area (Å²) in [5.41, 5.74) is 2.86. The van der Waals surface area contributed by atoms with Gasteiger partial charge < -0.3 is 10.1 Å². The van der Waals surface area contributed by atoms with Crippen molar-refractivity contribution in [2.24, 2.45) is 5.92 Å². The quantitative estimate of drug-likeness (QED) is 0.591. The van der Waals surface area contributed by atoms with Crippen LogP contribution in [0.1, 0.15) is 66.1 Å². The predicted octanol–water partition coefficient (Wildman–Crippen LogP) is 4.77. The molecule has 30 heavy (non-hydrogen) atoms. The van der Waals surface area contributed by atoms with Crippen molar-refractivity contribution >= 4 is 26.8 Å². The standard InChI is InChI=1S/C23H26N2O4S/c1-30(28,29)19-9-7-16(8-10-19)20(11-15-5-3-2-4-6-15)21-13-17-12-18(23(26)27)14-24-22(17)25-21/h7-10,12-15,20H,2-6,11H2,1H3,(H,24,25)(H,26,27). The normalized spacial score (nSPS) is 16.6. The summed E-state index contributed by atoms with van der Waals surface area (Å²) in [4.78, 5) is 19.2. The van der Waals surface area contributed by atoms with E-state index in [0.717, 1.165) is 23.1 Å². The van der Waals surface area contributed by atoms with Gasteiger partial charge in [-0.1, -0.05) is 44.2 Å². The summed E-state index contributed by atoms with van der Waals surface area (Å²) in [6.07, 6.45) is 9.75. The Balaban J connectivity index is 1.72. The van der Waals surface area contributed by atoms with E-state index in [0.29, 0.717) is 16.5 Å². The fraction of sp³-hybridized carbons (Fsp3) is 0.391. The molecular weight excluding hydrogens is 400 g/mol. The van der Waals surface area contributed by atoms with Gasteiger partial charge in [0.25, 0.3) is 0 Å². The van der Waals surface area contributed by atoms with E-state index < -0.39 is 15.8 Å². The third kappa shape index (κ3) is 4.41. The molecule has 1 fully saturated rings.